The van der Waals surface area contributed by atoms with Crippen LogP contribution < -0.4 is 5.32 Å². The van der Waals surface area contributed by atoms with Gasteiger partial charge in [0.15, 0.2) is 0 Å². The van der Waals surface area contributed by atoms with Crippen molar-refractivity contribution < 1.29 is 19.6 Å². The molecule has 0 aromatic heterocycles. The lowest BCUT2D eigenvalue weighted by atomic mass is 10.1. The number of hydrogen-bond acceptors (Lipinski definition) is 5. The minimum Gasteiger partial charge on any atom is -0.481 e. The normalized spacial score (nSPS) is 11.9. The molecule has 2 N–H and O–H groups in total. The van der Waals surface area contributed by atoms with Gasteiger partial charge in [0.2, 0.25) is 0 Å². The van der Waals surface area contributed by atoms with Gasteiger partial charge in [0.1, 0.15) is 0 Å². The van der Waals surface area contributed by atoms with Crippen LogP contribution in [0, 0.1) is 17.0 Å². The van der Waals surface area contributed by atoms with Crippen LogP contribution in [0.3, 0.4) is 0 Å². The van der Waals surface area contributed by atoms with Gasteiger partial charge in [-0.15, -0.1) is 0 Å². The summed E-state index contributed by atoms with van der Waals surface area (Å²) in [6, 6.07) is 4.48. The number of methoxy groups -OCH3 is 1. The van der Waals surface area contributed by atoms with Gasteiger partial charge in [-0.25, -0.2) is 0 Å². The molecule has 1 aromatic rings. The number of benzene rings is 1. The van der Waals surface area contributed by atoms with Gasteiger partial charge in [-0.05, 0) is 12.5 Å². The molecule has 1 aromatic carbocycles. The molecule has 0 spiro atoms. The van der Waals surface area contributed by atoms with Gasteiger partial charge in [-0.3, -0.25) is 14.9 Å². The molecule has 0 saturated carbocycles. The van der Waals surface area contributed by atoms with E-state index in [9.17, 15) is 14.9 Å². The fourth-order valence-electron chi connectivity index (χ4n) is 1.57. The molecule has 0 saturated heterocycles. The van der Waals surface area contributed by atoms with E-state index in [1.807, 2.05) is 6.92 Å². The van der Waals surface area contributed by atoms with Crippen molar-refractivity contribution in [3.05, 3.63) is 33.9 Å². The average Bonchev–Trinajstić information content (AvgIpc) is 2.35. The van der Waals surface area contributed by atoms with Crippen molar-refractivity contribution in [1.82, 2.24) is 0 Å². The van der Waals surface area contributed by atoms with Crippen LogP contribution in [-0.4, -0.2) is 35.8 Å². The number of non-ortho nitro benzene ring substituents is 1. The van der Waals surface area contributed by atoms with E-state index in [1.165, 1.54) is 19.2 Å². The maximum absolute atomic E-state index is 10.7. The number of carbonyl (C=O) groups is 1. The minimum absolute atomic E-state index is 0.0136. The molecule has 19 heavy (non-hydrogen) atoms. The van der Waals surface area contributed by atoms with Crippen LogP contribution in [-0.2, 0) is 9.53 Å². The summed E-state index contributed by atoms with van der Waals surface area (Å²) in [6.07, 6.45) is -0.617. The molecule has 104 valence electrons. The number of ether oxygens (including phenoxy) is 1. The second-order valence-corrected chi connectivity index (χ2v) is 4.09. The quantitative estimate of drug-likeness (QED) is 0.577. The Morgan fingerprint density at radius 3 is 2.79 bits per heavy atom. The van der Waals surface area contributed by atoms with Gasteiger partial charge in [-0.2, -0.15) is 0 Å². The maximum atomic E-state index is 10.7. The topological polar surface area (TPSA) is 102 Å². The van der Waals surface area contributed by atoms with Crippen molar-refractivity contribution in [3.63, 3.8) is 0 Å². The first kappa shape index (κ1) is 14.9. The number of nitrogens with one attached hydrogen (secondary N) is 1. The van der Waals surface area contributed by atoms with Gasteiger partial charge >= 0.3 is 5.97 Å². The summed E-state index contributed by atoms with van der Waals surface area (Å²) < 4.78 is 5.02. The standard InChI is InChI=1S/C12H16N2O5/c1-8-3-4-9(14(17)18)5-11(8)13-7-10(19-2)6-12(15)16/h3-5,10,13H,6-7H2,1-2H3,(H,15,16). The van der Waals surface area contributed by atoms with E-state index in [4.69, 9.17) is 9.84 Å². The van der Waals surface area contributed by atoms with Crippen molar-refractivity contribution in [2.24, 2.45) is 0 Å². The summed E-state index contributed by atoms with van der Waals surface area (Å²) in [5.74, 6) is -0.954. The Labute approximate surface area is 110 Å². The minimum atomic E-state index is -0.954. The van der Waals surface area contributed by atoms with Gasteiger partial charge in [-0.1, -0.05) is 6.07 Å². The molecule has 0 bridgehead atoms. The number of rotatable bonds is 7. The largest absolute Gasteiger partial charge is 0.481 e. The number of nitro groups is 1. The van der Waals surface area contributed by atoms with Gasteiger partial charge in [0.05, 0.1) is 17.4 Å². The highest BCUT2D eigenvalue weighted by atomic mass is 16.6. The molecule has 1 unspecified atom stereocenters. The van der Waals surface area contributed by atoms with Crippen LogP contribution in [0.4, 0.5) is 11.4 Å². The van der Waals surface area contributed by atoms with Crippen molar-refractivity contribution in [3.8, 4) is 0 Å². The third-order valence-electron chi connectivity index (χ3n) is 2.69. The fourth-order valence-corrected chi connectivity index (χ4v) is 1.57. The number of carboxylic acid groups (broad SMARTS) is 1. The first-order chi connectivity index (χ1) is 8.93. The van der Waals surface area contributed by atoms with Crippen LogP contribution >= 0.6 is 0 Å². The molecule has 0 radical (unpaired) electrons. The number of carboxylic acids is 1. The molecular weight excluding hydrogens is 252 g/mol. The molecule has 0 aliphatic carbocycles. The number of nitrogens with zero attached hydrogens (tertiary/aromatic N) is 1. The number of aryl methyl sites for hydroxylation is 1. The third-order valence-corrected chi connectivity index (χ3v) is 2.69. The highest BCUT2D eigenvalue weighted by Gasteiger charge is 2.14. The summed E-state index contributed by atoms with van der Waals surface area (Å²) in [7, 11) is 1.43. The van der Waals surface area contributed by atoms with Crippen LogP contribution in [0.15, 0.2) is 18.2 Å². The second-order valence-electron chi connectivity index (χ2n) is 4.09. The number of hydrogen-bond donors (Lipinski definition) is 2. The molecule has 0 heterocycles. The summed E-state index contributed by atoms with van der Waals surface area (Å²) in [5, 5.41) is 22.3. The summed E-state index contributed by atoms with van der Waals surface area (Å²) in [4.78, 5) is 20.8. The lowest BCUT2D eigenvalue weighted by molar-refractivity contribution is -0.384. The highest BCUT2D eigenvalue weighted by Crippen LogP contribution is 2.21. The Morgan fingerprint density at radius 2 is 2.26 bits per heavy atom. The Morgan fingerprint density at radius 1 is 1.58 bits per heavy atom. The molecule has 1 rings (SSSR count). The van der Waals surface area contributed by atoms with Gasteiger partial charge in [0.25, 0.3) is 5.69 Å². The van der Waals surface area contributed by atoms with Crippen LogP contribution in [0.2, 0.25) is 0 Å². The average molecular weight is 268 g/mol. The van der Waals surface area contributed by atoms with E-state index in [1.54, 1.807) is 6.07 Å². The lowest BCUT2D eigenvalue weighted by Gasteiger charge is -2.16. The van der Waals surface area contributed by atoms with Crippen LogP contribution in [0.1, 0.15) is 12.0 Å². The molecular formula is C12H16N2O5. The predicted octanol–water partition coefficient (Wildman–Crippen LogP) is 1.80. The maximum Gasteiger partial charge on any atom is 0.306 e. The summed E-state index contributed by atoms with van der Waals surface area (Å²) >= 11 is 0. The lowest BCUT2D eigenvalue weighted by Crippen LogP contribution is -2.25. The van der Waals surface area contributed by atoms with E-state index < -0.39 is 17.0 Å². The molecule has 0 fully saturated rings. The molecule has 0 aliphatic rings. The first-order valence-corrected chi connectivity index (χ1v) is 5.67. The Hall–Kier alpha value is -2.15. The number of nitro benzene ring substituents is 1. The SMILES string of the molecule is COC(CNc1cc([N+](=O)[O-])ccc1C)CC(=O)O. The molecule has 0 aliphatic heterocycles. The van der Waals surface area contributed by atoms with Gasteiger partial charge < -0.3 is 15.2 Å². The Kier molecular flexibility index (Phi) is 5.25. The molecule has 0 amide bonds. The van der Waals surface area contributed by atoms with E-state index in [2.05, 4.69) is 5.32 Å². The van der Waals surface area contributed by atoms with Crippen molar-refractivity contribution in [2.75, 3.05) is 19.0 Å². The number of anilines is 1. The van der Waals surface area contributed by atoms with Crippen molar-refractivity contribution >= 4 is 17.3 Å². The first-order valence-electron chi connectivity index (χ1n) is 5.67. The second kappa shape index (κ2) is 6.69. The van der Waals surface area contributed by atoms with E-state index in [-0.39, 0.29) is 18.7 Å². The smallest absolute Gasteiger partial charge is 0.306 e. The Bertz CT molecular complexity index is 475. The third kappa shape index (κ3) is 4.55. The number of aliphatic carboxylic acids is 1. The van der Waals surface area contributed by atoms with E-state index >= 15 is 0 Å². The summed E-state index contributed by atoms with van der Waals surface area (Å²) in [6.45, 7) is 2.08. The van der Waals surface area contributed by atoms with E-state index in [0.29, 0.717) is 5.69 Å². The summed E-state index contributed by atoms with van der Waals surface area (Å²) in [5.41, 5.74) is 1.43. The highest BCUT2D eigenvalue weighted by molar-refractivity contribution is 5.67. The predicted molar refractivity (Wildman–Crippen MR) is 69.4 cm³/mol. The Balaban J connectivity index is 2.73. The van der Waals surface area contributed by atoms with Crippen molar-refractivity contribution in [2.45, 2.75) is 19.4 Å². The zero-order chi connectivity index (χ0) is 14.4. The van der Waals surface area contributed by atoms with E-state index in [0.717, 1.165) is 5.56 Å². The zero-order valence-corrected chi connectivity index (χ0v) is 10.8. The molecule has 7 heteroatoms. The molecule has 7 nitrogen and oxygen atoms in total. The van der Waals surface area contributed by atoms with Gasteiger partial charge in [0, 0.05) is 31.5 Å². The monoisotopic (exact) mass is 268 g/mol. The molecule has 1 atom stereocenters. The van der Waals surface area contributed by atoms with Crippen LogP contribution in [0.5, 0.6) is 0 Å². The van der Waals surface area contributed by atoms with Crippen molar-refractivity contribution in [1.29, 1.82) is 0 Å². The zero-order valence-electron chi connectivity index (χ0n) is 10.8. The van der Waals surface area contributed by atoms with Crippen LogP contribution in [0.25, 0.3) is 0 Å². The fraction of sp³-hybridized carbons (Fsp3) is 0.417.